The second-order valence-electron chi connectivity index (χ2n) is 5.88. The van der Waals surface area contributed by atoms with Crippen LogP contribution in [0.15, 0.2) is 60.7 Å². The monoisotopic (exact) mass is 311 g/mol. The third kappa shape index (κ3) is 3.00. The Hall–Kier alpha value is -2.17. The summed E-state index contributed by atoms with van der Waals surface area (Å²) >= 11 is 0. The SMILES string of the molecule is CC(=O)OC1C(c2ccccc2)N([C@H](C)c2ccccc2)[C@H]1O. The fourth-order valence-corrected chi connectivity index (χ4v) is 3.27. The molecule has 1 N–H and O–H groups in total. The van der Waals surface area contributed by atoms with Gasteiger partial charge in [-0.15, -0.1) is 0 Å². The third-order valence-electron chi connectivity index (χ3n) is 4.40. The van der Waals surface area contributed by atoms with Gasteiger partial charge in [0.05, 0.1) is 6.04 Å². The summed E-state index contributed by atoms with van der Waals surface area (Å²) in [6, 6.07) is 19.7. The molecule has 4 nitrogen and oxygen atoms in total. The van der Waals surface area contributed by atoms with E-state index in [-0.39, 0.29) is 18.1 Å². The van der Waals surface area contributed by atoms with E-state index in [2.05, 4.69) is 6.92 Å². The average Bonchev–Trinajstić information content (AvgIpc) is 2.58. The van der Waals surface area contributed by atoms with E-state index >= 15 is 0 Å². The molecular weight excluding hydrogens is 290 g/mol. The topological polar surface area (TPSA) is 49.8 Å². The summed E-state index contributed by atoms with van der Waals surface area (Å²) in [4.78, 5) is 13.3. The number of aliphatic hydroxyl groups is 1. The molecule has 23 heavy (non-hydrogen) atoms. The first-order valence-corrected chi connectivity index (χ1v) is 7.82. The van der Waals surface area contributed by atoms with Crippen LogP contribution >= 0.6 is 0 Å². The van der Waals surface area contributed by atoms with Crippen molar-refractivity contribution in [2.45, 2.75) is 38.3 Å². The molecule has 0 amide bonds. The summed E-state index contributed by atoms with van der Waals surface area (Å²) in [5, 5.41) is 10.5. The van der Waals surface area contributed by atoms with Gasteiger partial charge in [-0.3, -0.25) is 9.69 Å². The second kappa shape index (κ2) is 6.52. The van der Waals surface area contributed by atoms with Crippen molar-refractivity contribution < 1.29 is 14.6 Å². The number of esters is 1. The van der Waals surface area contributed by atoms with E-state index in [4.69, 9.17) is 4.74 Å². The van der Waals surface area contributed by atoms with Crippen LogP contribution in [0.25, 0.3) is 0 Å². The predicted molar refractivity (Wildman–Crippen MR) is 87.4 cm³/mol. The van der Waals surface area contributed by atoms with Gasteiger partial charge in [-0.2, -0.15) is 0 Å². The normalized spacial score (nSPS) is 25.4. The number of hydrogen-bond acceptors (Lipinski definition) is 4. The van der Waals surface area contributed by atoms with Crippen LogP contribution in [-0.2, 0) is 9.53 Å². The Kier molecular flexibility index (Phi) is 4.46. The van der Waals surface area contributed by atoms with E-state index in [0.29, 0.717) is 0 Å². The zero-order valence-corrected chi connectivity index (χ0v) is 13.3. The summed E-state index contributed by atoms with van der Waals surface area (Å²) in [6.45, 7) is 3.43. The Bertz CT molecular complexity index is 659. The first-order chi connectivity index (χ1) is 11.1. The summed E-state index contributed by atoms with van der Waals surface area (Å²) in [6.07, 6.45) is -1.35. The summed E-state index contributed by atoms with van der Waals surface area (Å²) in [5.41, 5.74) is 2.15. The van der Waals surface area contributed by atoms with Crippen molar-refractivity contribution in [1.29, 1.82) is 0 Å². The smallest absolute Gasteiger partial charge is 0.303 e. The first kappa shape index (κ1) is 15.7. The first-order valence-electron chi connectivity index (χ1n) is 7.82. The van der Waals surface area contributed by atoms with Gasteiger partial charge in [0.15, 0.2) is 6.10 Å². The summed E-state index contributed by atoms with van der Waals surface area (Å²) < 4.78 is 5.35. The van der Waals surface area contributed by atoms with Crippen LogP contribution in [0.3, 0.4) is 0 Å². The number of ether oxygens (including phenoxy) is 1. The molecule has 0 radical (unpaired) electrons. The Morgan fingerprint density at radius 3 is 2.22 bits per heavy atom. The Morgan fingerprint density at radius 2 is 1.65 bits per heavy atom. The van der Waals surface area contributed by atoms with Gasteiger partial charge < -0.3 is 9.84 Å². The lowest BCUT2D eigenvalue weighted by Crippen LogP contribution is -2.63. The molecular formula is C19H21NO3. The molecule has 4 atom stereocenters. The second-order valence-corrected chi connectivity index (χ2v) is 5.88. The standard InChI is InChI=1S/C19H21NO3/c1-13(15-9-5-3-6-10-15)20-17(16-11-7-4-8-12-16)18(19(20)22)23-14(2)21/h3-13,17-19,22H,1-2H3/t13-,17?,18?,19+/m1/s1. The van der Waals surface area contributed by atoms with Crippen LogP contribution in [0.1, 0.15) is 37.1 Å². The van der Waals surface area contributed by atoms with Gasteiger partial charge >= 0.3 is 5.97 Å². The Morgan fingerprint density at radius 1 is 1.09 bits per heavy atom. The molecule has 0 spiro atoms. The van der Waals surface area contributed by atoms with Crippen LogP contribution in [0.5, 0.6) is 0 Å². The third-order valence-corrected chi connectivity index (χ3v) is 4.40. The molecule has 120 valence electrons. The highest BCUT2D eigenvalue weighted by Gasteiger charge is 2.52. The fourth-order valence-electron chi connectivity index (χ4n) is 3.27. The highest BCUT2D eigenvalue weighted by atomic mass is 16.6. The van der Waals surface area contributed by atoms with Crippen molar-refractivity contribution in [3.05, 3.63) is 71.8 Å². The minimum Gasteiger partial charge on any atom is -0.456 e. The molecule has 0 saturated carbocycles. The Labute approximate surface area is 136 Å². The number of likely N-dealkylation sites (tertiary alicyclic amines) is 1. The molecule has 2 aromatic rings. The van der Waals surface area contributed by atoms with Crippen LogP contribution < -0.4 is 0 Å². The molecule has 2 aromatic carbocycles. The van der Waals surface area contributed by atoms with E-state index in [0.717, 1.165) is 11.1 Å². The van der Waals surface area contributed by atoms with Crippen molar-refractivity contribution in [1.82, 2.24) is 4.90 Å². The lowest BCUT2D eigenvalue weighted by molar-refractivity contribution is -0.243. The lowest BCUT2D eigenvalue weighted by Gasteiger charge is -2.54. The van der Waals surface area contributed by atoms with Gasteiger partial charge in [0, 0.05) is 13.0 Å². The maximum Gasteiger partial charge on any atom is 0.303 e. The number of carbonyl (C=O) groups excluding carboxylic acids is 1. The van der Waals surface area contributed by atoms with Crippen LogP contribution in [0.2, 0.25) is 0 Å². The number of benzene rings is 2. The van der Waals surface area contributed by atoms with Crippen LogP contribution in [-0.4, -0.2) is 28.3 Å². The van der Waals surface area contributed by atoms with Crippen LogP contribution in [0, 0.1) is 0 Å². The molecule has 3 rings (SSSR count). The number of carbonyl (C=O) groups is 1. The van der Waals surface area contributed by atoms with Gasteiger partial charge in [0.1, 0.15) is 6.23 Å². The maximum absolute atomic E-state index is 11.4. The minimum absolute atomic E-state index is 0.0169. The van der Waals surface area contributed by atoms with Crippen molar-refractivity contribution in [2.24, 2.45) is 0 Å². The Balaban J connectivity index is 1.90. The lowest BCUT2D eigenvalue weighted by atomic mass is 9.86. The average molecular weight is 311 g/mol. The van der Waals surface area contributed by atoms with Crippen LogP contribution in [0.4, 0.5) is 0 Å². The zero-order valence-electron chi connectivity index (χ0n) is 13.3. The molecule has 4 heteroatoms. The van der Waals surface area contributed by atoms with Crippen molar-refractivity contribution in [3.63, 3.8) is 0 Å². The minimum atomic E-state index is -0.806. The van der Waals surface area contributed by atoms with Gasteiger partial charge in [-0.05, 0) is 18.1 Å². The summed E-state index contributed by atoms with van der Waals surface area (Å²) in [5.74, 6) is -0.373. The molecule has 1 aliphatic heterocycles. The molecule has 0 aliphatic carbocycles. The van der Waals surface area contributed by atoms with E-state index < -0.39 is 12.3 Å². The predicted octanol–water partition coefficient (Wildman–Crippen LogP) is 3.05. The molecule has 0 aromatic heterocycles. The van der Waals surface area contributed by atoms with Gasteiger partial charge in [0.25, 0.3) is 0 Å². The van der Waals surface area contributed by atoms with E-state index in [9.17, 15) is 9.90 Å². The largest absolute Gasteiger partial charge is 0.456 e. The molecule has 2 unspecified atom stereocenters. The number of hydrogen-bond donors (Lipinski definition) is 1. The molecule has 1 heterocycles. The molecule has 1 aliphatic rings. The van der Waals surface area contributed by atoms with Gasteiger partial charge in [-0.1, -0.05) is 60.7 Å². The van der Waals surface area contributed by atoms with Gasteiger partial charge in [0.2, 0.25) is 0 Å². The highest BCUT2D eigenvalue weighted by molar-refractivity contribution is 5.66. The van der Waals surface area contributed by atoms with E-state index in [1.807, 2.05) is 65.6 Å². The maximum atomic E-state index is 11.4. The van der Waals surface area contributed by atoms with E-state index in [1.165, 1.54) is 6.92 Å². The summed E-state index contributed by atoms with van der Waals surface area (Å²) in [7, 11) is 0. The quantitative estimate of drug-likeness (QED) is 0.882. The van der Waals surface area contributed by atoms with Gasteiger partial charge in [-0.25, -0.2) is 0 Å². The number of rotatable bonds is 4. The fraction of sp³-hybridized carbons (Fsp3) is 0.316. The molecule has 1 fully saturated rings. The molecule has 0 bridgehead atoms. The van der Waals surface area contributed by atoms with Crippen molar-refractivity contribution in [2.75, 3.05) is 0 Å². The van der Waals surface area contributed by atoms with Crippen molar-refractivity contribution >= 4 is 5.97 Å². The highest BCUT2D eigenvalue weighted by Crippen LogP contribution is 2.45. The van der Waals surface area contributed by atoms with E-state index in [1.54, 1.807) is 0 Å². The number of nitrogens with zero attached hydrogens (tertiary/aromatic N) is 1. The molecule has 1 saturated heterocycles. The zero-order chi connectivity index (χ0) is 16.4. The number of aliphatic hydroxyl groups excluding tert-OH is 1. The van der Waals surface area contributed by atoms with Crippen molar-refractivity contribution in [3.8, 4) is 0 Å².